The molecule has 2 N–H and O–H groups in total. The van der Waals surface area contributed by atoms with Crippen molar-refractivity contribution in [1.82, 2.24) is 5.32 Å². The lowest BCUT2D eigenvalue weighted by Gasteiger charge is -2.19. The number of rotatable bonds is 8. The molecule has 1 atom stereocenters. The molecule has 2 aromatic carbocycles. The number of hydrogen-bond acceptors (Lipinski definition) is 3. The monoisotopic (exact) mass is 400 g/mol. The van der Waals surface area contributed by atoms with Crippen LogP contribution in [0.1, 0.15) is 51.2 Å². The summed E-state index contributed by atoms with van der Waals surface area (Å²) in [5.41, 5.74) is 2.05. The van der Waals surface area contributed by atoms with Gasteiger partial charge in [0.05, 0.1) is 10.3 Å². The number of amides is 1. The molecule has 0 spiro atoms. The Labute approximate surface area is 167 Å². The summed E-state index contributed by atoms with van der Waals surface area (Å²) in [7, 11) is -3.64. The van der Waals surface area contributed by atoms with Gasteiger partial charge in [-0.2, -0.15) is 0 Å². The van der Waals surface area contributed by atoms with Crippen LogP contribution in [-0.2, 0) is 26.7 Å². The van der Waals surface area contributed by atoms with Crippen LogP contribution in [0.15, 0.2) is 53.4 Å². The molecule has 0 bridgehead atoms. The first-order valence-corrected chi connectivity index (χ1v) is 11.3. The molecule has 150 valence electrons. The summed E-state index contributed by atoms with van der Waals surface area (Å²) in [5, 5.41) is 3.06. The van der Waals surface area contributed by atoms with Crippen molar-refractivity contribution < 1.29 is 13.2 Å². The Kier molecular flexibility index (Phi) is 5.79. The first kappa shape index (κ1) is 20.4. The predicted octanol–water partition coefficient (Wildman–Crippen LogP) is 4.00. The first-order valence-electron chi connectivity index (χ1n) is 9.84. The number of sulfonamides is 1. The van der Waals surface area contributed by atoms with Crippen LogP contribution in [0, 0.1) is 0 Å². The molecule has 0 radical (unpaired) electrons. The van der Waals surface area contributed by atoms with Crippen molar-refractivity contribution >= 4 is 21.6 Å². The number of anilines is 1. The molecule has 1 aliphatic carbocycles. The van der Waals surface area contributed by atoms with Gasteiger partial charge in [0.25, 0.3) is 10.0 Å². The summed E-state index contributed by atoms with van der Waals surface area (Å²) >= 11 is 0. The molecular weight excluding hydrogens is 372 g/mol. The zero-order valence-electron chi connectivity index (χ0n) is 16.7. The molecule has 0 unspecified atom stereocenters. The van der Waals surface area contributed by atoms with Crippen LogP contribution in [0.25, 0.3) is 0 Å². The maximum absolute atomic E-state index is 12.6. The fourth-order valence-corrected chi connectivity index (χ4v) is 4.27. The quantitative estimate of drug-likeness (QED) is 0.703. The van der Waals surface area contributed by atoms with Crippen molar-refractivity contribution in [2.75, 3.05) is 4.72 Å². The minimum Gasteiger partial charge on any atom is -0.353 e. The van der Waals surface area contributed by atoms with E-state index < -0.39 is 15.4 Å². The molecule has 0 aliphatic heterocycles. The SMILES string of the molecule is CCc1ccc(S(=O)(=O)Nc2ccc(C3(C(=O)N[C@@H](C)CC)CC3)cc2)cc1. The van der Waals surface area contributed by atoms with Gasteiger partial charge in [-0.3, -0.25) is 9.52 Å². The van der Waals surface area contributed by atoms with Gasteiger partial charge in [-0.1, -0.05) is 38.1 Å². The third kappa shape index (κ3) is 4.22. The number of carbonyl (C=O) groups excluding carboxylic acids is 1. The normalized spacial score (nSPS) is 16.2. The third-order valence-corrected chi connectivity index (χ3v) is 6.90. The van der Waals surface area contributed by atoms with Crippen molar-refractivity contribution in [3.05, 3.63) is 59.7 Å². The Morgan fingerprint density at radius 2 is 1.64 bits per heavy atom. The van der Waals surface area contributed by atoms with E-state index in [4.69, 9.17) is 0 Å². The van der Waals surface area contributed by atoms with Crippen LogP contribution >= 0.6 is 0 Å². The number of carbonyl (C=O) groups is 1. The second-order valence-electron chi connectivity index (χ2n) is 7.55. The van der Waals surface area contributed by atoms with Gasteiger partial charge in [-0.05, 0) is 68.0 Å². The van der Waals surface area contributed by atoms with Crippen LogP contribution in [0.4, 0.5) is 5.69 Å². The maximum atomic E-state index is 12.6. The highest BCUT2D eigenvalue weighted by Gasteiger charge is 2.51. The van der Waals surface area contributed by atoms with Crippen molar-refractivity contribution in [2.45, 2.75) is 62.8 Å². The molecule has 2 aromatic rings. The Bertz CT molecular complexity index is 931. The van der Waals surface area contributed by atoms with E-state index in [-0.39, 0.29) is 16.8 Å². The zero-order valence-corrected chi connectivity index (χ0v) is 17.5. The van der Waals surface area contributed by atoms with Gasteiger partial charge < -0.3 is 5.32 Å². The van der Waals surface area contributed by atoms with Gasteiger partial charge in [0.1, 0.15) is 0 Å². The van der Waals surface area contributed by atoms with Gasteiger partial charge in [-0.15, -0.1) is 0 Å². The lowest BCUT2D eigenvalue weighted by Crippen LogP contribution is -2.39. The van der Waals surface area contributed by atoms with E-state index in [9.17, 15) is 13.2 Å². The molecule has 6 heteroatoms. The average molecular weight is 401 g/mol. The van der Waals surface area contributed by atoms with Gasteiger partial charge in [-0.25, -0.2) is 8.42 Å². The highest BCUT2D eigenvalue weighted by atomic mass is 32.2. The van der Waals surface area contributed by atoms with Gasteiger partial charge in [0, 0.05) is 11.7 Å². The Morgan fingerprint density at radius 3 is 2.14 bits per heavy atom. The summed E-state index contributed by atoms with van der Waals surface area (Å²) in [6.07, 6.45) is 3.40. The molecule has 1 saturated carbocycles. The highest BCUT2D eigenvalue weighted by molar-refractivity contribution is 7.92. The molecule has 0 aromatic heterocycles. The van der Waals surface area contributed by atoms with Crippen LogP contribution in [0.3, 0.4) is 0 Å². The maximum Gasteiger partial charge on any atom is 0.261 e. The van der Waals surface area contributed by atoms with Gasteiger partial charge >= 0.3 is 0 Å². The lowest BCUT2D eigenvalue weighted by atomic mass is 9.94. The van der Waals surface area contributed by atoms with Gasteiger partial charge in [0.2, 0.25) is 5.91 Å². The van der Waals surface area contributed by atoms with Crippen LogP contribution in [0.5, 0.6) is 0 Å². The van der Waals surface area contributed by atoms with Crippen molar-refractivity contribution in [3.8, 4) is 0 Å². The number of benzene rings is 2. The summed E-state index contributed by atoms with van der Waals surface area (Å²) in [4.78, 5) is 12.9. The highest BCUT2D eigenvalue weighted by Crippen LogP contribution is 2.48. The summed E-state index contributed by atoms with van der Waals surface area (Å²) < 4.78 is 27.8. The van der Waals surface area contributed by atoms with E-state index in [2.05, 4.69) is 10.0 Å². The van der Waals surface area contributed by atoms with E-state index in [0.29, 0.717) is 5.69 Å². The standard InChI is InChI=1S/C22H28N2O3S/c1-4-16(3)23-21(25)22(14-15-22)18-8-10-19(11-9-18)24-28(26,27)20-12-6-17(5-2)7-13-20/h6-13,16,24H,4-5,14-15H2,1-3H3,(H,23,25)/t16-/m0/s1. The third-order valence-electron chi connectivity index (χ3n) is 5.51. The van der Waals surface area contributed by atoms with Crippen LogP contribution < -0.4 is 10.0 Å². The molecule has 0 heterocycles. The van der Waals surface area contributed by atoms with E-state index in [1.807, 2.05) is 45.0 Å². The first-order chi connectivity index (χ1) is 13.3. The van der Waals surface area contributed by atoms with Crippen molar-refractivity contribution in [2.24, 2.45) is 0 Å². The number of aryl methyl sites for hydroxylation is 1. The fourth-order valence-electron chi connectivity index (χ4n) is 3.21. The molecule has 0 saturated heterocycles. The molecule has 1 fully saturated rings. The van der Waals surface area contributed by atoms with E-state index in [0.717, 1.165) is 36.8 Å². The minimum atomic E-state index is -3.64. The van der Waals surface area contributed by atoms with Crippen molar-refractivity contribution in [1.29, 1.82) is 0 Å². The van der Waals surface area contributed by atoms with Crippen molar-refractivity contribution in [3.63, 3.8) is 0 Å². The van der Waals surface area contributed by atoms with E-state index >= 15 is 0 Å². The summed E-state index contributed by atoms with van der Waals surface area (Å²) in [6.45, 7) is 6.07. The van der Waals surface area contributed by atoms with E-state index in [1.54, 1.807) is 24.3 Å². The second-order valence-corrected chi connectivity index (χ2v) is 9.23. The second kappa shape index (κ2) is 7.95. The Balaban J connectivity index is 1.73. The van der Waals surface area contributed by atoms with E-state index in [1.165, 1.54) is 0 Å². The number of nitrogens with one attached hydrogen (secondary N) is 2. The number of hydrogen-bond donors (Lipinski definition) is 2. The minimum absolute atomic E-state index is 0.0613. The molecule has 1 aliphatic rings. The molecule has 1 amide bonds. The van der Waals surface area contributed by atoms with Gasteiger partial charge in [0.15, 0.2) is 0 Å². The predicted molar refractivity (Wildman–Crippen MR) is 112 cm³/mol. The largest absolute Gasteiger partial charge is 0.353 e. The lowest BCUT2D eigenvalue weighted by molar-refractivity contribution is -0.124. The summed E-state index contributed by atoms with van der Waals surface area (Å²) in [6, 6.07) is 14.2. The molecular formula is C22H28N2O3S. The Morgan fingerprint density at radius 1 is 1.04 bits per heavy atom. The topological polar surface area (TPSA) is 75.3 Å². The zero-order chi connectivity index (χ0) is 20.4. The smallest absolute Gasteiger partial charge is 0.261 e. The summed E-state index contributed by atoms with van der Waals surface area (Å²) in [5.74, 6) is 0.0613. The average Bonchev–Trinajstić information content (AvgIpc) is 3.50. The molecule has 3 rings (SSSR count). The molecule has 28 heavy (non-hydrogen) atoms. The Hall–Kier alpha value is -2.34. The molecule has 5 nitrogen and oxygen atoms in total. The fraction of sp³-hybridized carbons (Fsp3) is 0.409. The van der Waals surface area contributed by atoms with Crippen LogP contribution in [0.2, 0.25) is 0 Å². The van der Waals surface area contributed by atoms with Crippen LogP contribution in [-0.4, -0.2) is 20.4 Å².